The van der Waals surface area contributed by atoms with E-state index in [1.165, 1.54) is 6.33 Å². The zero-order chi connectivity index (χ0) is 16.5. The summed E-state index contributed by atoms with van der Waals surface area (Å²) in [5.41, 5.74) is 10.8. The molecule has 2 aromatic heterocycles. The lowest BCUT2D eigenvalue weighted by molar-refractivity contribution is 0.414. The molecule has 2 heterocycles. The van der Waals surface area contributed by atoms with Crippen molar-refractivity contribution in [3.63, 3.8) is 0 Å². The van der Waals surface area contributed by atoms with Gasteiger partial charge in [-0.05, 0) is 17.7 Å². The third-order valence-electron chi connectivity index (χ3n) is 4.02. The number of hydrogen-bond donors (Lipinski definition) is 1. The number of ether oxygens (including phenoxy) is 1. The average molecular weight is 316 g/mol. The molecule has 24 heavy (non-hydrogen) atoms. The predicted octanol–water partition coefficient (Wildman–Crippen LogP) is 3.68. The van der Waals surface area contributed by atoms with E-state index in [1.807, 2.05) is 53.2 Å². The van der Waals surface area contributed by atoms with Crippen molar-refractivity contribution in [2.24, 2.45) is 0 Å². The second kappa shape index (κ2) is 5.70. The Kier molecular flexibility index (Phi) is 3.39. The topological polar surface area (TPSA) is 66.0 Å². The summed E-state index contributed by atoms with van der Waals surface area (Å²) in [6, 6.07) is 17.9. The van der Waals surface area contributed by atoms with Gasteiger partial charge in [0, 0.05) is 23.5 Å². The maximum Gasteiger partial charge on any atom is 0.151 e. The van der Waals surface area contributed by atoms with E-state index in [2.05, 4.69) is 22.1 Å². The van der Waals surface area contributed by atoms with E-state index < -0.39 is 0 Å². The van der Waals surface area contributed by atoms with Crippen LogP contribution >= 0.6 is 0 Å². The van der Waals surface area contributed by atoms with Gasteiger partial charge in [0.1, 0.15) is 23.1 Å². The zero-order valence-electron chi connectivity index (χ0n) is 13.2. The number of rotatable bonds is 3. The van der Waals surface area contributed by atoms with Gasteiger partial charge in [-0.1, -0.05) is 36.4 Å². The van der Waals surface area contributed by atoms with Crippen LogP contribution < -0.4 is 10.5 Å². The molecule has 4 aromatic rings. The highest BCUT2D eigenvalue weighted by molar-refractivity contribution is 5.98. The fourth-order valence-corrected chi connectivity index (χ4v) is 2.87. The summed E-state index contributed by atoms with van der Waals surface area (Å²) in [6.07, 6.45) is 3.54. The monoisotopic (exact) mass is 316 g/mol. The summed E-state index contributed by atoms with van der Waals surface area (Å²) in [5.74, 6) is 1.23. The van der Waals surface area contributed by atoms with E-state index in [1.54, 1.807) is 7.11 Å². The van der Waals surface area contributed by atoms with Crippen LogP contribution in [0.3, 0.4) is 0 Å². The number of benzene rings is 2. The molecule has 0 unspecified atom stereocenters. The van der Waals surface area contributed by atoms with Gasteiger partial charge in [-0.2, -0.15) is 0 Å². The maximum atomic E-state index is 6.15. The Balaban J connectivity index is 2.02. The molecule has 0 saturated heterocycles. The van der Waals surface area contributed by atoms with Crippen LogP contribution in [0.2, 0.25) is 0 Å². The minimum absolute atomic E-state index is 0.449. The molecule has 0 aliphatic rings. The first-order valence-corrected chi connectivity index (χ1v) is 7.59. The molecule has 4 rings (SSSR count). The van der Waals surface area contributed by atoms with E-state index in [4.69, 9.17) is 10.5 Å². The number of anilines is 1. The van der Waals surface area contributed by atoms with Crippen molar-refractivity contribution in [2.75, 3.05) is 12.8 Å². The average Bonchev–Trinajstić information content (AvgIpc) is 3.04. The number of nitrogens with zero attached hydrogens (tertiary/aromatic N) is 3. The summed E-state index contributed by atoms with van der Waals surface area (Å²) >= 11 is 0. The number of nitrogens with two attached hydrogens (primary N) is 1. The summed E-state index contributed by atoms with van der Waals surface area (Å²) in [7, 11) is 1.65. The van der Waals surface area contributed by atoms with E-state index in [0.717, 1.165) is 33.6 Å². The second-order valence-corrected chi connectivity index (χ2v) is 5.44. The van der Waals surface area contributed by atoms with E-state index in [0.29, 0.717) is 5.82 Å². The van der Waals surface area contributed by atoms with E-state index in [9.17, 15) is 0 Å². The number of nitrogen functional groups attached to an aromatic ring is 1. The van der Waals surface area contributed by atoms with Crippen LogP contribution in [-0.2, 0) is 0 Å². The highest BCUT2D eigenvalue weighted by Gasteiger charge is 2.16. The van der Waals surface area contributed by atoms with Gasteiger partial charge in [0.15, 0.2) is 5.82 Å². The molecular formula is C19H16N4O. The standard InChI is InChI=1S/C19H16N4O/c1-24-15-9-5-8-14(10-15)23-11-16(13-6-3-2-4-7-13)17-18(23)19(20)22-12-21-17/h2-12H,1H3,(H2,20,21,22). The number of aromatic nitrogens is 3. The molecule has 0 aliphatic heterocycles. The molecule has 2 N–H and O–H groups in total. The number of hydrogen-bond acceptors (Lipinski definition) is 4. The van der Waals surface area contributed by atoms with Gasteiger partial charge in [-0.25, -0.2) is 9.97 Å². The normalized spacial score (nSPS) is 10.9. The van der Waals surface area contributed by atoms with Gasteiger partial charge in [0.2, 0.25) is 0 Å². The lowest BCUT2D eigenvalue weighted by atomic mass is 10.1. The minimum Gasteiger partial charge on any atom is -0.497 e. The van der Waals surface area contributed by atoms with Crippen molar-refractivity contribution in [2.45, 2.75) is 0 Å². The molecule has 0 atom stereocenters. The van der Waals surface area contributed by atoms with Crippen LogP contribution in [0.15, 0.2) is 67.1 Å². The van der Waals surface area contributed by atoms with Crippen molar-refractivity contribution in [3.8, 4) is 22.6 Å². The van der Waals surface area contributed by atoms with Crippen molar-refractivity contribution < 1.29 is 4.74 Å². The maximum absolute atomic E-state index is 6.15. The summed E-state index contributed by atoms with van der Waals surface area (Å²) in [4.78, 5) is 8.62. The van der Waals surface area contributed by atoms with Gasteiger partial charge in [-0.15, -0.1) is 0 Å². The molecule has 0 spiro atoms. The first-order chi connectivity index (χ1) is 11.8. The lowest BCUT2D eigenvalue weighted by Gasteiger charge is -2.08. The van der Waals surface area contributed by atoms with Gasteiger partial charge in [-0.3, -0.25) is 0 Å². The fourth-order valence-electron chi connectivity index (χ4n) is 2.87. The molecular weight excluding hydrogens is 300 g/mol. The van der Waals surface area contributed by atoms with Crippen LogP contribution in [0, 0.1) is 0 Å². The first-order valence-electron chi connectivity index (χ1n) is 7.59. The van der Waals surface area contributed by atoms with Crippen LogP contribution in [0.1, 0.15) is 0 Å². The highest BCUT2D eigenvalue weighted by atomic mass is 16.5. The predicted molar refractivity (Wildman–Crippen MR) is 95.3 cm³/mol. The van der Waals surface area contributed by atoms with Crippen LogP contribution in [0.25, 0.3) is 27.8 Å². The van der Waals surface area contributed by atoms with Gasteiger partial charge in [0.05, 0.1) is 7.11 Å². The molecule has 0 saturated carbocycles. The van der Waals surface area contributed by atoms with Crippen LogP contribution in [-0.4, -0.2) is 21.6 Å². The number of fused-ring (bicyclic) bond motifs is 1. The third-order valence-corrected chi connectivity index (χ3v) is 4.02. The van der Waals surface area contributed by atoms with Crippen molar-refractivity contribution in [1.82, 2.24) is 14.5 Å². The highest BCUT2D eigenvalue weighted by Crippen LogP contribution is 2.33. The van der Waals surface area contributed by atoms with Gasteiger partial charge >= 0.3 is 0 Å². The number of methoxy groups -OCH3 is 1. The second-order valence-electron chi connectivity index (χ2n) is 5.44. The van der Waals surface area contributed by atoms with E-state index >= 15 is 0 Å². The molecule has 2 aromatic carbocycles. The Morgan fingerprint density at radius 3 is 2.62 bits per heavy atom. The van der Waals surface area contributed by atoms with Crippen molar-refractivity contribution in [3.05, 3.63) is 67.1 Å². The van der Waals surface area contributed by atoms with Gasteiger partial charge < -0.3 is 15.0 Å². The molecule has 0 aliphatic carbocycles. The third kappa shape index (κ3) is 2.27. The summed E-state index contributed by atoms with van der Waals surface area (Å²) in [6.45, 7) is 0. The zero-order valence-corrected chi connectivity index (χ0v) is 13.2. The molecule has 0 fully saturated rings. The molecule has 0 amide bonds. The minimum atomic E-state index is 0.449. The summed E-state index contributed by atoms with van der Waals surface area (Å²) < 4.78 is 7.34. The quantitative estimate of drug-likeness (QED) is 0.626. The largest absolute Gasteiger partial charge is 0.497 e. The molecule has 5 heteroatoms. The fraction of sp³-hybridized carbons (Fsp3) is 0.0526. The lowest BCUT2D eigenvalue weighted by Crippen LogP contribution is -1.99. The van der Waals surface area contributed by atoms with Crippen LogP contribution in [0.5, 0.6) is 5.75 Å². The SMILES string of the molecule is COc1cccc(-n2cc(-c3ccccc3)c3ncnc(N)c32)c1. The Hall–Kier alpha value is -3.34. The Morgan fingerprint density at radius 2 is 1.83 bits per heavy atom. The van der Waals surface area contributed by atoms with Crippen molar-refractivity contribution >= 4 is 16.9 Å². The summed E-state index contributed by atoms with van der Waals surface area (Å²) in [5, 5.41) is 0. The molecule has 0 radical (unpaired) electrons. The Bertz CT molecular complexity index is 1010. The molecule has 118 valence electrons. The van der Waals surface area contributed by atoms with Crippen LogP contribution in [0.4, 0.5) is 5.82 Å². The van der Waals surface area contributed by atoms with Crippen molar-refractivity contribution in [1.29, 1.82) is 0 Å². The van der Waals surface area contributed by atoms with E-state index in [-0.39, 0.29) is 0 Å². The first kappa shape index (κ1) is 14.3. The molecule has 0 bridgehead atoms. The smallest absolute Gasteiger partial charge is 0.151 e. The molecule has 5 nitrogen and oxygen atoms in total. The van der Waals surface area contributed by atoms with Gasteiger partial charge in [0.25, 0.3) is 0 Å². The Labute approximate surface area is 139 Å². The Morgan fingerprint density at radius 1 is 1.00 bits per heavy atom.